The van der Waals surface area contributed by atoms with Crippen LogP contribution in [0, 0.1) is 0 Å². The number of nitrogens with one attached hydrogen (secondary N) is 2. The van der Waals surface area contributed by atoms with Crippen molar-refractivity contribution < 1.29 is 9.00 Å². The highest BCUT2D eigenvalue weighted by atomic mass is 32.2. The van der Waals surface area contributed by atoms with E-state index < -0.39 is 10.8 Å². The second-order valence-electron chi connectivity index (χ2n) is 5.10. The van der Waals surface area contributed by atoms with Crippen LogP contribution in [0.3, 0.4) is 0 Å². The van der Waals surface area contributed by atoms with E-state index in [2.05, 4.69) is 10.3 Å². The molecule has 3 rings (SSSR count). The molecule has 0 aliphatic carbocycles. The van der Waals surface area contributed by atoms with E-state index in [0.717, 1.165) is 23.7 Å². The maximum absolute atomic E-state index is 12.3. The molecule has 1 aliphatic heterocycles. The van der Waals surface area contributed by atoms with Crippen molar-refractivity contribution in [1.82, 2.24) is 10.3 Å². The van der Waals surface area contributed by atoms with Gasteiger partial charge < -0.3 is 16.0 Å². The molecular formula is C14H17N3O2S. The molecular weight excluding hydrogens is 274 g/mol. The maximum Gasteiger partial charge on any atom is 0.253 e. The van der Waals surface area contributed by atoms with Gasteiger partial charge in [-0.2, -0.15) is 0 Å². The number of amides is 1. The molecule has 1 aliphatic rings. The number of fused-ring (bicyclic) bond motifs is 1. The van der Waals surface area contributed by atoms with Gasteiger partial charge >= 0.3 is 0 Å². The van der Waals surface area contributed by atoms with Crippen LogP contribution in [0.1, 0.15) is 23.2 Å². The molecule has 1 fully saturated rings. The lowest BCUT2D eigenvalue weighted by Crippen LogP contribution is -2.39. The molecule has 2 heterocycles. The molecule has 1 amide bonds. The van der Waals surface area contributed by atoms with E-state index in [9.17, 15) is 9.00 Å². The van der Waals surface area contributed by atoms with Crippen LogP contribution in [-0.2, 0) is 10.8 Å². The van der Waals surface area contributed by atoms with E-state index in [1.807, 2.05) is 6.07 Å². The third-order valence-electron chi connectivity index (χ3n) is 3.67. The number of aromatic amines is 1. The molecule has 4 N–H and O–H groups in total. The number of aromatic nitrogens is 1. The Hall–Kier alpha value is -1.82. The number of rotatable bonds is 2. The standard InChI is InChI=1S/C14H17N3O2S/c15-9-1-2-13-11(7-9)12(8-16-13)14(18)17-10-3-5-20(19)6-4-10/h1-2,7-8,10,16H,3-6,15H2,(H,17,18). The number of anilines is 1. The predicted molar refractivity (Wildman–Crippen MR) is 81.1 cm³/mol. The molecule has 0 atom stereocenters. The van der Waals surface area contributed by atoms with Crippen LogP contribution in [0.2, 0.25) is 0 Å². The largest absolute Gasteiger partial charge is 0.399 e. The Morgan fingerprint density at radius 2 is 2.10 bits per heavy atom. The van der Waals surface area contributed by atoms with Crippen molar-refractivity contribution in [2.75, 3.05) is 17.2 Å². The topological polar surface area (TPSA) is 88.0 Å². The van der Waals surface area contributed by atoms with Gasteiger partial charge in [0.25, 0.3) is 5.91 Å². The highest BCUT2D eigenvalue weighted by Gasteiger charge is 2.21. The summed E-state index contributed by atoms with van der Waals surface area (Å²) < 4.78 is 11.3. The lowest BCUT2D eigenvalue weighted by molar-refractivity contribution is 0.0936. The lowest BCUT2D eigenvalue weighted by atomic mass is 10.1. The third-order valence-corrected chi connectivity index (χ3v) is 5.06. The van der Waals surface area contributed by atoms with Crippen LogP contribution in [0.4, 0.5) is 5.69 Å². The monoisotopic (exact) mass is 291 g/mol. The van der Waals surface area contributed by atoms with Crippen molar-refractivity contribution in [2.24, 2.45) is 0 Å². The fraction of sp³-hybridized carbons (Fsp3) is 0.357. The summed E-state index contributed by atoms with van der Waals surface area (Å²) in [6.45, 7) is 0. The first kappa shape index (κ1) is 13.2. The van der Waals surface area contributed by atoms with Crippen molar-refractivity contribution in [3.8, 4) is 0 Å². The first-order chi connectivity index (χ1) is 9.63. The molecule has 5 nitrogen and oxygen atoms in total. The van der Waals surface area contributed by atoms with Crippen LogP contribution in [0.25, 0.3) is 10.9 Å². The molecule has 0 bridgehead atoms. The third kappa shape index (κ3) is 2.56. The summed E-state index contributed by atoms with van der Waals surface area (Å²) in [5.74, 6) is 1.25. The molecule has 0 radical (unpaired) electrons. The predicted octanol–water partition coefficient (Wildman–Crippen LogP) is 1.39. The Labute approximate surface area is 119 Å². The van der Waals surface area contributed by atoms with E-state index in [1.54, 1.807) is 18.3 Å². The number of hydrogen-bond donors (Lipinski definition) is 3. The molecule has 1 saturated heterocycles. The van der Waals surface area contributed by atoms with E-state index in [1.165, 1.54) is 0 Å². The van der Waals surface area contributed by atoms with Gasteiger partial charge in [0.1, 0.15) is 0 Å². The number of nitrogen functional groups attached to an aromatic ring is 1. The van der Waals surface area contributed by atoms with Gasteiger partial charge in [0.2, 0.25) is 0 Å². The lowest BCUT2D eigenvalue weighted by Gasteiger charge is -2.22. The number of carbonyl (C=O) groups is 1. The molecule has 1 aromatic heterocycles. The highest BCUT2D eigenvalue weighted by Crippen LogP contribution is 2.21. The fourth-order valence-corrected chi connectivity index (χ4v) is 3.83. The highest BCUT2D eigenvalue weighted by molar-refractivity contribution is 7.85. The summed E-state index contributed by atoms with van der Waals surface area (Å²) in [7, 11) is -0.712. The van der Waals surface area contributed by atoms with E-state index >= 15 is 0 Å². The normalized spacial score (nSPS) is 22.8. The van der Waals surface area contributed by atoms with Crippen molar-refractivity contribution in [3.05, 3.63) is 30.0 Å². The minimum Gasteiger partial charge on any atom is -0.399 e. The summed E-state index contributed by atoms with van der Waals surface area (Å²) in [5, 5.41) is 3.85. The van der Waals surface area contributed by atoms with Gasteiger partial charge in [-0.15, -0.1) is 0 Å². The summed E-state index contributed by atoms with van der Waals surface area (Å²) in [6.07, 6.45) is 3.27. The number of carbonyl (C=O) groups excluding carboxylic acids is 1. The van der Waals surface area contributed by atoms with Crippen LogP contribution >= 0.6 is 0 Å². The van der Waals surface area contributed by atoms with Crippen LogP contribution < -0.4 is 11.1 Å². The number of benzene rings is 1. The Balaban J connectivity index is 1.78. The Morgan fingerprint density at radius 1 is 1.35 bits per heavy atom. The van der Waals surface area contributed by atoms with Crippen molar-refractivity contribution in [2.45, 2.75) is 18.9 Å². The van der Waals surface area contributed by atoms with Crippen LogP contribution in [0.5, 0.6) is 0 Å². The quantitative estimate of drug-likeness (QED) is 0.731. The van der Waals surface area contributed by atoms with Crippen LogP contribution in [0.15, 0.2) is 24.4 Å². The molecule has 1 aromatic carbocycles. The minimum absolute atomic E-state index is 0.0977. The van der Waals surface area contributed by atoms with Crippen molar-refractivity contribution >= 4 is 33.3 Å². The van der Waals surface area contributed by atoms with Gasteiger partial charge in [-0.25, -0.2) is 0 Å². The average molecular weight is 291 g/mol. The van der Waals surface area contributed by atoms with Crippen molar-refractivity contribution in [1.29, 1.82) is 0 Å². The van der Waals surface area contributed by atoms with E-state index in [-0.39, 0.29) is 11.9 Å². The minimum atomic E-state index is -0.712. The number of hydrogen-bond acceptors (Lipinski definition) is 3. The second-order valence-corrected chi connectivity index (χ2v) is 6.80. The SMILES string of the molecule is Nc1ccc2[nH]cc(C(=O)NC3CCS(=O)CC3)c2c1. The first-order valence-corrected chi connectivity index (χ1v) is 8.15. The Bertz CT molecular complexity index is 670. The molecule has 0 unspecified atom stereocenters. The van der Waals surface area contributed by atoms with Gasteiger partial charge in [0.05, 0.1) is 5.56 Å². The van der Waals surface area contributed by atoms with Gasteiger partial charge in [0, 0.05) is 51.1 Å². The molecule has 0 spiro atoms. The smallest absolute Gasteiger partial charge is 0.253 e. The zero-order chi connectivity index (χ0) is 14.1. The number of nitrogens with two attached hydrogens (primary N) is 1. The average Bonchev–Trinajstić information content (AvgIpc) is 2.84. The first-order valence-electron chi connectivity index (χ1n) is 6.66. The summed E-state index contributed by atoms with van der Waals surface area (Å²) >= 11 is 0. The van der Waals surface area contributed by atoms with Gasteiger partial charge in [-0.3, -0.25) is 9.00 Å². The van der Waals surface area contributed by atoms with E-state index in [4.69, 9.17) is 5.73 Å². The fourth-order valence-electron chi connectivity index (χ4n) is 2.53. The molecule has 106 valence electrons. The van der Waals surface area contributed by atoms with E-state index in [0.29, 0.717) is 22.8 Å². The summed E-state index contributed by atoms with van der Waals surface area (Å²) in [4.78, 5) is 15.4. The Kier molecular flexibility index (Phi) is 3.48. The van der Waals surface area contributed by atoms with Crippen molar-refractivity contribution in [3.63, 3.8) is 0 Å². The molecule has 2 aromatic rings. The molecule has 0 saturated carbocycles. The van der Waals surface area contributed by atoms with Crippen LogP contribution in [-0.4, -0.2) is 32.6 Å². The zero-order valence-electron chi connectivity index (χ0n) is 11.0. The summed E-state index contributed by atoms with van der Waals surface area (Å²) in [5.41, 5.74) is 7.92. The molecule has 20 heavy (non-hydrogen) atoms. The zero-order valence-corrected chi connectivity index (χ0v) is 11.8. The molecule has 6 heteroatoms. The van der Waals surface area contributed by atoms with Gasteiger partial charge in [-0.05, 0) is 31.0 Å². The van der Waals surface area contributed by atoms with Gasteiger partial charge in [0.15, 0.2) is 0 Å². The summed E-state index contributed by atoms with van der Waals surface area (Å²) in [6, 6.07) is 5.59. The number of H-pyrrole nitrogens is 1. The second kappa shape index (κ2) is 5.28. The maximum atomic E-state index is 12.3. The van der Waals surface area contributed by atoms with Gasteiger partial charge in [-0.1, -0.05) is 0 Å². The Morgan fingerprint density at radius 3 is 2.85 bits per heavy atom.